The maximum atomic E-state index is 13.6. The van der Waals surface area contributed by atoms with Gasteiger partial charge in [0.05, 0.1) is 18.4 Å². The number of nitrogens with zero attached hydrogens (tertiary/aromatic N) is 1. The molecule has 2 amide bonds. The van der Waals surface area contributed by atoms with Crippen LogP contribution in [-0.4, -0.2) is 59.6 Å². The van der Waals surface area contributed by atoms with Gasteiger partial charge in [0, 0.05) is 19.5 Å². The summed E-state index contributed by atoms with van der Waals surface area (Å²) >= 11 is 0. The van der Waals surface area contributed by atoms with Crippen LogP contribution in [0.3, 0.4) is 0 Å². The maximum absolute atomic E-state index is 13.6. The Kier molecular flexibility index (Phi) is 12.9. The molecule has 4 rings (SSSR count). The molecule has 0 unspecified atom stereocenters. The zero-order valence-corrected chi connectivity index (χ0v) is 25.3. The quantitative estimate of drug-likeness (QED) is 0.248. The van der Waals surface area contributed by atoms with E-state index in [1.54, 1.807) is 6.08 Å². The standard InChI is InChI=1S/C36H40N2O7/c39-21-20-38(24-28-14-6-2-7-15-28)33(40)23-30-18-10-11-19-31(22-27-12-4-1-5-13-27)35(42)45-26-32(37-34(30)41)36(43)44-25-29-16-8-3-9-17-29/h1-17,30-32,39H,18-26H2,(H,37,41)/t30-,31-,32-/m1/s1. The number of aliphatic hydroxyl groups excluding tert-OH is 1. The molecule has 2 N–H and O–H groups in total. The van der Waals surface area contributed by atoms with Crippen molar-refractivity contribution in [2.45, 2.75) is 44.9 Å². The van der Waals surface area contributed by atoms with Crippen molar-refractivity contribution in [3.05, 3.63) is 120 Å². The second-order valence-corrected chi connectivity index (χ2v) is 11.0. The fourth-order valence-corrected chi connectivity index (χ4v) is 5.09. The lowest BCUT2D eigenvalue weighted by atomic mass is 9.94. The van der Waals surface area contributed by atoms with E-state index in [9.17, 15) is 24.3 Å². The number of allylic oxidation sites excluding steroid dienone is 2. The van der Waals surface area contributed by atoms with Gasteiger partial charge in [-0.2, -0.15) is 0 Å². The number of amides is 2. The summed E-state index contributed by atoms with van der Waals surface area (Å²) in [5.41, 5.74) is 2.63. The fraction of sp³-hybridized carbons (Fsp3) is 0.333. The highest BCUT2D eigenvalue weighted by atomic mass is 16.6. The van der Waals surface area contributed by atoms with Crippen molar-refractivity contribution in [3.8, 4) is 0 Å². The van der Waals surface area contributed by atoms with Gasteiger partial charge in [-0.25, -0.2) is 4.79 Å². The topological polar surface area (TPSA) is 122 Å². The minimum absolute atomic E-state index is 0.0170. The minimum atomic E-state index is -1.26. The van der Waals surface area contributed by atoms with E-state index in [1.165, 1.54) is 4.90 Å². The Morgan fingerprint density at radius 1 is 0.822 bits per heavy atom. The molecule has 0 saturated heterocycles. The summed E-state index contributed by atoms with van der Waals surface area (Å²) in [5.74, 6) is -3.38. The third-order valence-electron chi connectivity index (χ3n) is 7.61. The van der Waals surface area contributed by atoms with E-state index in [0.29, 0.717) is 12.8 Å². The number of nitrogens with one attached hydrogen (secondary N) is 1. The number of carbonyl (C=O) groups is 4. The largest absolute Gasteiger partial charge is 0.463 e. The lowest BCUT2D eigenvalue weighted by molar-refractivity contribution is -0.157. The number of ether oxygens (including phenoxy) is 2. The van der Waals surface area contributed by atoms with Gasteiger partial charge in [-0.05, 0) is 36.0 Å². The van der Waals surface area contributed by atoms with E-state index >= 15 is 0 Å². The third-order valence-corrected chi connectivity index (χ3v) is 7.61. The monoisotopic (exact) mass is 612 g/mol. The molecule has 0 aliphatic carbocycles. The lowest BCUT2D eigenvalue weighted by Gasteiger charge is -2.26. The number of carbonyl (C=O) groups excluding carboxylic acids is 4. The van der Waals surface area contributed by atoms with Gasteiger partial charge in [0.15, 0.2) is 6.04 Å². The SMILES string of the molecule is O=C1N[C@@H](C(=O)OCc2ccccc2)COC(=O)[C@@H](Cc2ccccc2)CC=CC[C@@H]1CC(=O)N(CCO)Cc1ccccc1. The number of aliphatic hydroxyl groups is 1. The molecule has 0 saturated carbocycles. The Hall–Kier alpha value is -4.76. The molecule has 0 fully saturated rings. The smallest absolute Gasteiger partial charge is 0.332 e. The summed E-state index contributed by atoms with van der Waals surface area (Å²) in [6, 6.07) is 26.8. The van der Waals surface area contributed by atoms with Crippen molar-refractivity contribution >= 4 is 23.8 Å². The van der Waals surface area contributed by atoms with Gasteiger partial charge in [0.1, 0.15) is 13.2 Å². The van der Waals surface area contributed by atoms with E-state index in [0.717, 1.165) is 16.7 Å². The molecule has 3 atom stereocenters. The molecule has 0 aromatic heterocycles. The first kappa shape index (κ1) is 33.1. The second-order valence-electron chi connectivity index (χ2n) is 11.0. The Balaban J connectivity index is 1.53. The van der Waals surface area contributed by atoms with Crippen molar-refractivity contribution in [2.24, 2.45) is 11.8 Å². The van der Waals surface area contributed by atoms with Crippen molar-refractivity contribution in [2.75, 3.05) is 19.8 Å². The molecule has 1 heterocycles. The molecule has 9 nitrogen and oxygen atoms in total. The number of rotatable bonds is 11. The number of hydrogen-bond donors (Lipinski definition) is 2. The Morgan fingerprint density at radius 3 is 2.02 bits per heavy atom. The zero-order chi connectivity index (χ0) is 31.9. The summed E-state index contributed by atoms with van der Waals surface area (Å²) < 4.78 is 11.1. The Bertz CT molecular complexity index is 1410. The predicted octanol–water partition coefficient (Wildman–Crippen LogP) is 3.99. The van der Waals surface area contributed by atoms with Crippen molar-refractivity contribution in [1.29, 1.82) is 0 Å². The van der Waals surface area contributed by atoms with Crippen LogP contribution in [0.15, 0.2) is 103 Å². The predicted molar refractivity (Wildman–Crippen MR) is 168 cm³/mol. The van der Waals surface area contributed by atoms with Crippen LogP contribution in [0, 0.1) is 11.8 Å². The average Bonchev–Trinajstić information content (AvgIpc) is 3.06. The van der Waals surface area contributed by atoms with Crippen LogP contribution in [0.2, 0.25) is 0 Å². The van der Waals surface area contributed by atoms with Gasteiger partial charge in [0.2, 0.25) is 11.8 Å². The molecule has 3 aromatic rings. The maximum Gasteiger partial charge on any atom is 0.332 e. The molecule has 45 heavy (non-hydrogen) atoms. The highest BCUT2D eigenvalue weighted by Gasteiger charge is 2.31. The summed E-state index contributed by atoms with van der Waals surface area (Å²) in [4.78, 5) is 54.9. The van der Waals surface area contributed by atoms with Crippen molar-refractivity contribution < 1.29 is 33.8 Å². The Morgan fingerprint density at radius 2 is 1.40 bits per heavy atom. The summed E-state index contributed by atoms with van der Waals surface area (Å²) in [6.45, 7) is -0.242. The van der Waals surface area contributed by atoms with Crippen LogP contribution < -0.4 is 5.32 Å². The summed E-state index contributed by atoms with van der Waals surface area (Å²) in [5, 5.41) is 12.3. The molecular weight excluding hydrogens is 572 g/mol. The van der Waals surface area contributed by atoms with Crippen LogP contribution in [-0.2, 0) is 48.2 Å². The van der Waals surface area contributed by atoms with Gasteiger partial charge in [0.25, 0.3) is 0 Å². The molecule has 0 spiro atoms. The Labute approximate surface area is 263 Å². The zero-order valence-electron chi connectivity index (χ0n) is 25.3. The van der Waals surface area contributed by atoms with E-state index in [4.69, 9.17) is 9.47 Å². The number of benzene rings is 3. The molecule has 1 aliphatic heterocycles. The van der Waals surface area contributed by atoms with Crippen LogP contribution in [0.25, 0.3) is 0 Å². The molecule has 0 bridgehead atoms. The first-order valence-electron chi connectivity index (χ1n) is 15.2. The minimum Gasteiger partial charge on any atom is -0.463 e. The van der Waals surface area contributed by atoms with Gasteiger partial charge >= 0.3 is 11.9 Å². The van der Waals surface area contributed by atoms with Gasteiger partial charge in [-0.15, -0.1) is 0 Å². The molecule has 1 aliphatic rings. The number of esters is 2. The van der Waals surface area contributed by atoms with E-state index in [1.807, 2.05) is 97.1 Å². The van der Waals surface area contributed by atoms with Crippen LogP contribution in [0.4, 0.5) is 0 Å². The van der Waals surface area contributed by atoms with E-state index < -0.39 is 42.3 Å². The highest BCUT2D eigenvalue weighted by Crippen LogP contribution is 2.20. The van der Waals surface area contributed by atoms with Crippen LogP contribution in [0.1, 0.15) is 36.0 Å². The van der Waals surface area contributed by atoms with Crippen molar-refractivity contribution in [1.82, 2.24) is 10.2 Å². The molecule has 236 valence electrons. The number of hydrogen-bond acceptors (Lipinski definition) is 7. The first-order valence-corrected chi connectivity index (χ1v) is 15.2. The summed E-state index contributed by atoms with van der Waals surface area (Å²) in [6.07, 6.45) is 4.51. The van der Waals surface area contributed by atoms with Crippen LogP contribution in [0.5, 0.6) is 0 Å². The van der Waals surface area contributed by atoms with E-state index in [-0.39, 0.29) is 45.1 Å². The second kappa shape index (κ2) is 17.5. The number of cyclic esters (lactones) is 1. The van der Waals surface area contributed by atoms with Crippen molar-refractivity contribution in [3.63, 3.8) is 0 Å². The molecule has 9 heteroatoms. The van der Waals surface area contributed by atoms with Crippen LogP contribution >= 0.6 is 0 Å². The van der Waals surface area contributed by atoms with Gasteiger partial charge in [-0.3, -0.25) is 14.4 Å². The fourth-order valence-electron chi connectivity index (χ4n) is 5.09. The normalized spacial score (nSPS) is 18.9. The highest BCUT2D eigenvalue weighted by molar-refractivity contribution is 5.89. The average molecular weight is 613 g/mol. The van der Waals surface area contributed by atoms with Gasteiger partial charge in [-0.1, -0.05) is 103 Å². The first-order chi connectivity index (χ1) is 21.9. The van der Waals surface area contributed by atoms with E-state index in [2.05, 4.69) is 5.32 Å². The summed E-state index contributed by atoms with van der Waals surface area (Å²) in [7, 11) is 0. The lowest BCUT2D eigenvalue weighted by Crippen LogP contribution is -2.48. The molecular formula is C36H40N2O7. The molecule has 3 aromatic carbocycles. The van der Waals surface area contributed by atoms with Gasteiger partial charge < -0.3 is 24.8 Å². The third kappa shape index (κ3) is 10.7. The molecule has 0 radical (unpaired) electrons.